The van der Waals surface area contributed by atoms with Gasteiger partial charge >= 0.3 is 0 Å². The first-order valence-corrected chi connectivity index (χ1v) is 7.14. The van der Waals surface area contributed by atoms with Crippen LogP contribution >= 0.6 is 0 Å². The van der Waals surface area contributed by atoms with Crippen molar-refractivity contribution >= 4 is 22.4 Å². The molecule has 1 aromatic rings. The van der Waals surface area contributed by atoms with Crippen molar-refractivity contribution in [3.8, 4) is 5.75 Å². The Hall–Kier alpha value is -1.56. The highest BCUT2D eigenvalue weighted by Gasteiger charge is 2.12. The van der Waals surface area contributed by atoms with Gasteiger partial charge in [-0.3, -0.25) is 9.00 Å². The number of hydrogen-bond acceptors (Lipinski definition) is 4. The second-order valence-corrected chi connectivity index (χ2v) is 5.48. The Balaban J connectivity index is 2.64. The number of hydrogen-bond donors (Lipinski definition) is 2. The zero-order valence-electron chi connectivity index (χ0n) is 10.6. The Morgan fingerprint density at radius 3 is 2.83 bits per heavy atom. The zero-order chi connectivity index (χ0) is 13.5. The molecule has 100 valence electrons. The maximum absolute atomic E-state index is 11.9. The summed E-state index contributed by atoms with van der Waals surface area (Å²) in [7, 11) is 0.616. The molecule has 1 amide bonds. The Morgan fingerprint density at radius 2 is 2.22 bits per heavy atom. The molecular formula is C12H18N2O3S. The van der Waals surface area contributed by atoms with Crippen LogP contribution in [0.4, 0.5) is 5.69 Å². The number of carbonyl (C=O) groups is 1. The number of amides is 1. The minimum absolute atomic E-state index is 0.278. The first-order valence-electron chi connectivity index (χ1n) is 5.65. The highest BCUT2D eigenvalue weighted by molar-refractivity contribution is 7.84. The fourth-order valence-electron chi connectivity index (χ4n) is 1.44. The maximum atomic E-state index is 11.9. The van der Waals surface area contributed by atoms with Gasteiger partial charge in [-0.25, -0.2) is 0 Å². The molecule has 1 unspecified atom stereocenters. The van der Waals surface area contributed by atoms with Crippen LogP contribution in [0.1, 0.15) is 17.3 Å². The number of rotatable bonds is 6. The molecule has 5 nitrogen and oxygen atoms in total. The zero-order valence-corrected chi connectivity index (χ0v) is 11.4. The van der Waals surface area contributed by atoms with E-state index < -0.39 is 10.8 Å². The van der Waals surface area contributed by atoms with Gasteiger partial charge in [0.15, 0.2) is 0 Å². The molecule has 0 aromatic heterocycles. The fourth-order valence-corrected chi connectivity index (χ4v) is 2.06. The van der Waals surface area contributed by atoms with Crippen LogP contribution in [-0.4, -0.2) is 35.3 Å². The first-order chi connectivity index (χ1) is 8.60. The molecule has 0 saturated carbocycles. The van der Waals surface area contributed by atoms with Crippen LogP contribution in [0, 0.1) is 0 Å². The summed E-state index contributed by atoms with van der Waals surface area (Å²) in [6, 6.07) is 5.02. The molecule has 0 spiro atoms. The smallest absolute Gasteiger partial charge is 0.253 e. The van der Waals surface area contributed by atoms with Gasteiger partial charge in [0.05, 0.1) is 18.4 Å². The average molecular weight is 270 g/mol. The summed E-state index contributed by atoms with van der Waals surface area (Å²) in [6.45, 7) is 2.22. The number of carbonyl (C=O) groups excluding carboxylic acids is 1. The van der Waals surface area contributed by atoms with Crippen LogP contribution in [0.15, 0.2) is 18.2 Å². The van der Waals surface area contributed by atoms with E-state index in [0.29, 0.717) is 35.1 Å². The summed E-state index contributed by atoms with van der Waals surface area (Å²) in [6.07, 6.45) is 0. The van der Waals surface area contributed by atoms with Crippen LogP contribution in [-0.2, 0) is 10.8 Å². The van der Waals surface area contributed by atoms with Crippen molar-refractivity contribution in [2.75, 3.05) is 30.9 Å². The van der Waals surface area contributed by atoms with Gasteiger partial charge in [-0.15, -0.1) is 0 Å². The minimum Gasteiger partial charge on any atom is -0.495 e. The molecule has 0 bridgehead atoms. The lowest BCUT2D eigenvalue weighted by Crippen LogP contribution is -2.28. The molecule has 0 saturated heterocycles. The van der Waals surface area contributed by atoms with Crippen molar-refractivity contribution in [2.45, 2.75) is 6.92 Å². The van der Waals surface area contributed by atoms with Gasteiger partial charge in [-0.05, 0) is 12.1 Å². The molecule has 0 fully saturated rings. The molecule has 3 N–H and O–H groups in total. The van der Waals surface area contributed by atoms with E-state index in [4.69, 9.17) is 10.5 Å². The average Bonchev–Trinajstić information content (AvgIpc) is 2.38. The maximum Gasteiger partial charge on any atom is 0.253 e. The number of nitrogens with two attached hydrogens (primary N) is 1. The van der Waals surface area contributed by atoms with Crippen LogP contribution in [0.3, 0.4) is 0 Å². The van der Waals surface area contributed by atoms with Gasteiger partial charge in [0.1, 0.15) is 5.75 Å². The third kappa shape index (κ3) is 3.73. The highest BCUT2D eigenvalue weighted by atomic mass is 32.2. The largest absolute Gasteiger partial charge is 0.495 e. The van der Waals surface area contributed by atoms with Crippen molar-refractivity contribution in [2.24, 2.45) is 0 Å². The van der Waals surface area contributed by atoms with Gasteiger partial charge < -0.3 is 15.8 Å². The van der Waals surface area contributed by atoms with E-state index in [1.165, 1.54) is 7.11 Å². The molecule has 6 heteroatoms. The van der Waals surface area contributed by atoms with Crippen molar-refractivity contribution < 1.29 is 13.7 Å². The van der Waals surface area contributed by atoms with Crippen LogP contribution in [0.2, 0.25) is 0 Å². The van der Waals surface area contributed by atoms with E-state index in [1.54, 1.807) is 18.2 Å². The lowest BCUT2D eigenvalue weighted by Gasteiger charge is -2.10. The number of anilines is 1. The number of nitrogen functional groups attached to an aromatic ring is 1. The standard InChI is InChI=1S/C12H18N2O3S/c1-3-18(16)8-7-14-12(15)9-5-4-6-10(17-2)11(9)13/h4-6H,3,7-8,13H2,1-2H3,(H,14,15). The van der Waals surface area contributed by atoms with E-state index in [0.717, 1.165) is 0 Å². The van der Waals surface area contributed by atoms with Crippen molar-refractivity contribution in [3.63, 3.8) is 0 Å². The quantitative estimate of drug-likeness (QED) is 0.748. The number of ether oxygens (including phenoxy) is 1. The third-order valence-corrected chi connectivity index (χ3v) is 3.77. The van der Waals surface area contributed by atoms with Crippen LogP contribution < -0.4 is 15.8 Å². The molecule has 0 radical (unpaired) electrons. The van der Waals surface area contributed by atoms with E-state index >= 15 is 0 Å². The minimum atomic E-state index is -0.882. The van der Waals surface area contributed by atoms with E-state index in [9.17, 15) is 9.00 Å². The van der Waals surface area contributed by atoms with Gasteiger partial charge in [0, 0.05) is 28.9 Å². The fraction of sp³-hybridized carbons (Fsp3) is 0.417. The molecule has 1 aromatic carbocycles. The summed E-state index contributed by atoms with van der Waals surface area (Å²) in [5.74, 6) is 1.24. The molecule has 1 rings (SSSR count). The summed E-state index contributed by atoms with van der Waals surface area (Å²) >= 11 is 0. The van der Waals surface area contributed by atoms with Gasteiger partial charge in [-0.1, -0.05) is 13.0 Å². The normalized spacial score (nSPS) is 11.9. The highest BCUT2D eigenvalue weighted by Crippen LogP contribution is 2.24. The monoisotopic (exact) mass is 270 g/mol. The van der Waals surface area contributed by atoms with Crippen molar-refractivity contribution in [1.82, 2.24) is 5.32 Å². The third-order valence-electron chi connectivity index (χ3n) is 2.47. The van der Waals surface area contributed by atoms with Crippen LogP contribution in [0.25, 0.3) is 0 Å². The SMILES string of the molecule is CCS(=O)CCNC(=O)c1cccc(OC)c1N. The molecule has 1 atom stereocenters. The van der Waals surface area contributed by atoms with Gasteiger partial charge in [-0.2, -0.15) is 0 Å². The second-order valence-electron chi connectivity index (χ2n) is 3.61. The number of para-hydroxylation sites is 1. The number of methoxy groups -OCH3 is 1. The summed E-state index contributed by atoms with van der Waals surface area (Å²) in [4.78, 5) is 11.9. The van der Waals surface area contributed by atoms with Crippen molar-refractivity contribution in [1.29, 1.82) is 0 Å². The Labute approximate surface area is 109 Å². The number of nitrogens with one attached hydrogen (secondary N) is 1. The Bertz CT molecular complexity index is 449. The van der Waals surface area contributed by atoms with E-state index in [1.807, 2.05) is 6.92 Å². The van der Waals surface area contributed by atoms with E-state index in [2.05, 4.69) is 5.32 Å². The van der Waals surface area contributed by atoms with E-state index in [-0.39, 0.29) is 5.91 Å². The molecule has 0 aliphatic carbocycles. The van der Waals surface area contributed by atoms with Gasteiger partial charge in [0.25, 0.3) is 5.91 Å². The molecule has 18 heavy (non-hydrogen) atoms. The molecular weight excluding hydrogens is 252 g/mol. The topological polar surface area (TPSA) is 81.4 Å². The summed E-state index contributed by atoms with van der Waals surface area (Å²) < 4.78 is 16.3. The lowest BCUT2D eigenvalue weighted by molar-refractivity contribution is 0.0957. The lowest BCUT2D eigenvalue weighted by atomic mass is 10.1. The molecule has 0 aliphatic rings. The summed E-state index contributed by atoms with van der Waals surface area (Å²) in [5.41, 5.74) is 6.49. The summed E-state index contributed by atoms with van der Waals surface area (Å²) in [5, 5.41) is 2.69. The molecule has 0 aliphatic heterocycles. The Kier molecular flexibility index (Phi) is 5.64. The predicted molar refractivity (Wildman–Crippen MR) is 73.3 cm³/mol. The van der Waals surface area contributed by atoms with Gasteiger partial charge in [0.2, 0.25) is 0 Å². The van der Waals surface area contributed by atoms with Crippen molar-refractivity contribution in [3.05, 3.63) is 23.8 Å². The first kappa shape index (κ1) is 14.5. The van der Waals surface area contributed by atoms with Crippen LogP contribution in [0.5, 0.6) is 5.75 Å². The predicted octanol–water partition coefficient (Wildman–Crippen LogP) is 0.776. The molecule has 0 heterocycles. The number of benzene rings is 1. The Morgan fingerprint density at radius 1 is 1.50 bits per heavy atom. The second kappa shape index (κ2) is 7.00.